The first-order valence-corrected chi connectivity index (χ1v) is 8.17. The van der Waals surface area contributed by atoms with E-state index >= 15 is 0 Å². The third kappa shape index (κ3) is 2.67. The number of alkyl halides is 1. The summed E-state index contributed by atoms with van der Waals surface area (Å²) in [5.74, 6) is -0.438. The Labute approximate surface area is 112 Å². The summed E-state index contributed by atoms with van der Waals surface area (Å²) in [5, 5.41) is 0. The largest absolute Gasteiger partial charge is 0.419 e. The molecule has 1 atom stereocenters. The second-order valence-corrected chi connectivity index (χ2v) is 7.50. The van der Waals surface area contributed by atoms with Gasteiger partial charge in [-0.1, -0.05) is 22.0 Å². The van der Waals surface area contributed by atoms with Gasteiger partial charge in [-0.2, -0.15) is 0 Å². The first-order chi connectivity index (χ1) is 8.28. The maximum atomic E-state index is 11.3. The number of rotatable bonds is 3. The first kappa shape index (κ1) is 13.4. The lowest BCUT2D eigenvalue weighted by molar-refractivity contribution is 0.528. The van der Waals surface area contributed by atoms with Gasteiger partial charge in [-0.3, -0.25) is 4.57 Å². The van der Waals surface area contributed by atoms with Crippen LogP contribution < -0.4 is 5.76 Å². The summed E-state index contributed by atoms with van der Waals surface area (Å²) in [5.41, 5.74) is 1.91. The Kier molecular flexibility index (Phi) is 3.37. The van der Waals surface area contributed by atoms with Gasteiger partial charge in [0.15, 0.2) is 5.58 Å². The van der Waals surface area contributed by atoms with Gasteiger partial charge in [-0.15, -0.1) is 0 Å². The molecule has 1 aromatic heterocycles. The molecule has 2 aromatic rings. The number of oxazole rings is 1. The third-order valence-corrected chi connectivity index (χ3v) is 4.85. The van der Waals surface area contributed by atoms with Crippen LogP contribution in [0.4, 0.5) is 0 Å². The second kappa shape index (κ2) is 4.55. The highest BCUT2D eigenvalue weighted by atomic mass is 79.9. The van der Waals surface area contributed by atoms with E-state index in [1.807, 2.05) is 0 Å². The van der Waals surface area contributed by atoms with Crippen LogP contribution in [0.2, 0.25) is 0 Å². The molecule has 18 heavy (non-hydrogen) atoms. The van der Waals surface area contributed by atoms with Crippen LogP contribution in [0.1, 0.15) is 10.4 Å². The number of benzene rings is 1. The summed E-state index contributed by atoms with van der Waals surface area (Å²) in [6, 6.07) is 5.20. The van der Waals surface area contributed by atoms with E-state index in [2.05, 4.69) is 15.9 Å². The minimum atomic E-state index is -3.07. The molecule has 0 aliphatic rings. The molecule has 0 bridgehead atoms. The van der Waals surface area contributed by atoms with Crippen molar-refractivity contribution in [1.82, 2.24) is 4.57 Å². The molecule has 1 unspecified atom stereocenters. The average molecular weight is 334 g/mol. The van der Waals surface area contributed by atoms with Gasteiger partial charge in [0.25, 0.3) is 0 Å². The van der Waals surface area contributed by atoms with Crippen molar-refractivity contribution >= 4 is 36.9 Å². The van der Waals surface area contributed by atoms with Crippen LogP contribution in [-0.2, 0) is 16.9 Å². The van der Waals surface area contributed by atoms with Gasteiger partial charge >= 0.3 is 5.76 Å². The fourth-order valence-corrected chi connectivity index (χ4v) is 4.16. The fourth-order valence-electron chi connectivity index (χ4n) is 1.71. The summed E-state index contributed by atoms with van der Waals surface area (Å²) in [4.78, 5) is 11.0. The van der Waals surface area contributed by atoms with Crippen LogP contribution in [0.15, 0.2) is 27.4 Å². The normalized spacial score (nSPS) is 13.9. The summed E-state index contributed by atoms with van der Waals surface area (Å²) >= 11 is 3.33. The fraction of sp³-hybridized carbons (Fsp3) is 0.364. The third-order valence-electron chi connectivity index (χ3n) is 2.63. The van der Waals surface area contributed by atoms with Crippen molar-refractivity contribution in [3.05, 3.63) is 34.3 Å². The van der Waals surface area contributed by atoms with Gasteiger partial charge in [-0.25, -0.2) is 13.2 Å². The highest BCUT2D eigenvalue weighted by molar-refractivity contribution is 9.09. The zero-order valence-corrected chi connectivity index (χ0v) is 12.3. The van der Waals surface area contributed by atoms with Gasteiger partial charge in [0.05, 0.1) is 16.1 Å². The molecule has 0 spiro atoms. The standard InChI is InChI=1S/C11H12BrNO4S/c1-13-9-4-3-7(5-10(9)17-11(13)14)8(12)6-18(2,15)16/h3-5,8H,6H2,1-2H3. The number of hydrogen-bond acceptors (Lipinski definition) is 4. The molecule has 98 valence electrons. The Morgan fingerprint density at radius 1 is 1.44 bits per heavy atom. The monoisotopic (exact) mass is 333 g/mol. The van der Waals surface area contributed by atoms with Crippen LogP contribution in [0.3, 0.4) is 0 Å². The van der Waals surface area contributed by atoms with Crippen LogP contribution in [0, 0.1) is 0 Å². The highest BCUT2D eigenvalue weighted by Gasteiger charge is 2.16. The molecule has 0 fully saturated rings. The molecule has 0 saturated heterocycles. The minimum Gasteiger partial charge on any atom is -0.408 e. The van der Waals surface area contributed by atoms with Crippen LogP contribution in [0.25, 0.3) is 11.1 Å². The van der Waals surface area contributed by atoms with Crippen molar-refractivity contribution in [3.8, 4) is 0 Å². The number of fused-ring (bicyclic) bond motifs is 1. The minimum absolute atomic E-state index is 0.00439. The summed E-state index contributed by atoms with van der Waals surface area (Å²) < 4.78 is 28.9. The number of aryl methyl sites for hydroxylation is 1. The molecular weight excluding hydrogens is 322 g/mol. The Hall–Kier alpha value is -1.08. The molecule has 0 N–H and O–H groups in total. The van der Waals surface area contributed by atoms with Gasteiger partial charge in [0, 0.05) is 13.3 Å². The van der Waals surface area contributed by atoms with Crippen LogP contribution >= 0.6 is 15.9 Å². The maximum absolute atomic E-state index is 11.3. The summed E-state index contributed by atoms with van der Waals surface area (Å²) in [7, 11) is -1.45. The van der Waals surface area contributed by atoms with E-state index in [0.717, 1.165) is 5.56 Å². The number of nitrogens with zero attached hydrogens (tertiary/aromatic N) is 1. The molecule has 0 aliphatic carbocycles. The van der Waals surface area contributed by atoms with Gasteiger partial charge < -0.3 is 4.42 Å². The first-order valence-electron chi connectivity index (χ1n) is 5.19. The van der Waals surface area contributed by atoms with Crippen molar-refractivity contribution in [3.63, 3.8) is 0 Å². The van der Waals surface area contributed by atoms with E-state index in [9.17, 15) is 13.2 Å². The SMILES string of the molecule is Cn1c(=O)oc2cc(C(Br)CS(C)(=O)=O)ccc21. The van der Waals surface area contributed by atoms with Crippen molar-refractivity contribution in [2.24, 2.45) is 7.05 Å². The van der Waals surface area contributed by atoms with E-state index in [1.165, 1.54) is 10.8 Å². The predicted molar refractivity (Wildman–Crippen MR) is 72.8 cm³/mol. The van der Waals surface area contributed by atoms with E-state index in [4.69, 9.17) is 4.42 Å². The van der Waals surface area contributed by atoms with Crippen LogP contribution in [-0.4, -0.2) is 25.0 Å². The van der Waals surface area contributed by atoms with Crippen molar-refractivity contribution in [2.75, 3.05) is 12.0 Å². The predicted octanol–water partition coefficient (Wildman–Crippen LogP) is 1.61. The van der Waals surface area contributed by atoms with Crippen molar-refractivity contribution in [2.45, 2.75) is 4.83 Å². The molecule has 5 nitrogen and oxygen atoms in total. The van der Waals surface area contributed by atoms with Crippen molar-refractivity contribution < 1.29 is 12.8 Å². The lowest BCUT2D eigenvalue weighted by Crippen LogP contribution is -2.09. The van der Waals surface area contributed by atoms with Gasteiger partial charge in [-0.05, 0) is 17.7 Å². The molecule has 0 radical (unpaired) electrons. The maximum Gasteiger partial charge on any atom is 0.419 e. The highest BCUT2D eigenvalue weighted by Crippen LogP contribution is 2.27. The zero-order chi connectivity index (χ0) is 13.5. The zero-order valence-electron chi connectivity index (χ0n) is 9.88. The quantitative estimate of drug-likeness (QED) is 0.800. The Balaban J connectivity index is 2.44. The van der Waals surface area contributed by atoms with Gasteiger partial charge in [0.2, 0.25) is 0 Å². The van der Waals surface area contributed by atoms with E-state index < -0.39 is 15.6 Å². The molecule has 1 aromatic carbocycles. The topological polar surface area (TPSA) is 69.3 Å². The van der Waals surface area contributed by atoms with Gasteiger partial charge in [0.1, 0.15) is 9.84 Å². The Morgan fingerprint density at radius 2 is 2.11 bits per heavy atom. The Morgan fingerprint density at radius 3 is 2.72 bits per heavy atom. The average Bonchev–Trinajstić information content (AvgIpc) is 2.52. The summed E-state index contributed by atoms with van der Waals surface area (Å²) in [6.45, 7) is 0. The summed E-state index contributed by atoms with van der Waals surface area (Å²) in [6.07, 6.45) is 1.18. The molecule has 7 heteroatoms. The Bertz CT molecular complexity index is 744. The van der Waals surface area contributed by atoms with E-state index in [0.29, 0.717) is 11.1 Å². The molecule has 0 saturated carbocycles. The number of aromatic nitrogens is 1. The lowest BCUT2D eigenvalue weighted by atomic mass is 10.1. The smallest absolute Gasteiger partial charge is 0.408 e. The van der Waals surface area contributed by atoms with Crippen molar-refractivity contribution in [1.29, 1.82) is 0 Å². The molecule has 2 rings (SSSR count). The molecular formula is C11H12BrNO4S. The lowest BCUT2D eigenvalue weighted by Gasteiger charge is -2.08. The number of halogens is 1. The van der Waals surface area contributed by atoms with E-state index in [1.54, 1.807) is 25.2 Å². The number of sulfone groups is 1. The van der Waals surface area contributed by atoms with Crippen LogP contribution in [0.5, 0.6) is 0 Å². The molecule has 0 aliphatic heterocycles. The van der Waals surface area contributed by atoms with E-state index in [-0.39, 0.29) is 10.6 Å². The number of hydrogen-bond donors (Lipinski definition) is 0. The molecule has 1 heterocycles. The second-order valence-electron chi connectivity index (χ2n) is 4.21. The molecule has 0 amide bonds.